The van der Waals surface area contributed by atoms with Gasteiger partial charge in [-0.15, -0.1) is 0 Å². The quantitative estimate of drug-likeness (QED) is 0.624. The first kappa shape index (κ1) is 10.2. The average molecular weight is 212 g/mol. The molecule has 80 valence electrons. The van der Waals surface area contributed by atoms with Gasteiger partial charge in [-0.2, -0.15) is 0 Å². The fraction of sp³-hybridized carbons (Fsp3) is 0. The van der Waals surface area contributed by atoms with Crippen molar-refractivity contribution in [3.8, 4) is 0 Å². The number of amides is 1. The van der Waals surface area contributed by atoms with E-state index in [4.69, 9.17) is 0 Å². The minimum absolute atomic E-state index is 0.752. The first-order chi connectivity index (χ1) is 7.90. The van der Waals surface area contributed by atoms with Crippen molar-refractivity contribution >= 4 is 17.8 Å². The predicted molar refractivity (Wildman–Crippen MR) is 65.0 cm³/mol. The Hall–Kier alpha value is -2.29. The number of benzene rings is 2. The van der Waals surface area contributed by atoms with Gasteiger partial charge in [0.05, 0.1) is 11.4 Å². The third-order valence-electron chi connectivity index (χ3n) is 2.16. The van der Waals surface area contributed by atoms with Crippen LogP contribution in [0.1, 0.15) is 0 Å². The first-order valence-electron chi connectivity index (χ1n) is 5.01. The van der Waals surface area contributed by atoms with Gasteiger partial charge in [0.25, 0.3) is 0 Å². The minimum Gasteiger partial charge on any atom is -0.292 e. The number of carbonyl (C=O) groups excluding carboxylic acids is 1. The van der Waals surface area contributed by atoms with E-state index in [0.29, 0.717) is 0 Å². The maximum atomic E-state index is 11.0. The lowest BCUT2D eigenvalue weighted by Gasteiger charge is -2.19. The molecule has 0 aliphatic carbocycles. The van der Waals surface area contributed by atoms with Crippen LogP contribution >= 0.6 is 0 Å². The highest BCUT2D eigenvalue weighted by molar-refractivity contribution is 5.78. The molecular weight excluding hydrogens is 200 g/mol. The van der Waals surface area contributed by atoms with E-state index in [-0.39, 0.29) is 0 Å². The van der Waals surface area contributed by atoms with Gasteiger partial charge in [0.15, 0.2) is 0 Å². The predicted octanol–water partition coefficient (Wildman–Crippen LogP) is 2.68. The molecule has 0 aliphatic heterocycles. The van der Waals surface area contributed by atoms with Crippen LogP contribution in [0.5, 0.6) is 0 Å². The van der Waals surface area contributed by atoms with Gasteiger partial charge >= 0.3 is 0 Å². The van der Waals surface area contributed by atoms with Gasteiger partial charge < -0.3 is 0 Å². The largest absolute Gasteiger partial charge is 0.292 e. The lowest BCUT2D eigenvalue weighted by Crippen LogP contribution is -2.27. The van der Waals surface area contributed by atoms with Crippen LogP contribution in [0.15, 0.2) is 60.7 Å². The third kappa shape index (κ3) is 2.39. The molecule has 0 spiro atoms. The molecule has 3 nitrogen and oxygen atoms in total. The number of nitrogens with zero attached hydrogens (tertiary/aromatic N) is 1. The molecule has 0 atom stereocenters. The zero-order valence-corrected chi connectivity index (χ0v) is 8.71. The van der Waals surface area contributed by atoms with Crippen LogP contribution in [0.3, 0.4) is 0 Å². The number of nitrogens with one attached hydrogen (secondary N) is 1. The molecule has 0 unspecified atom stereocenters. The summed E-state index contributed by atoms with van der Waals surface area (Å²) >= 11 is 0. The molecule has 1 amide bonds. The normalized spacial score (nSPS) is 9.50. The van der Waals surface area contributed by atoms with Gasteiger partial charge in [-0.05, 0) is 24.3 Å². The van der Waals surface area contributed by atoms with E-state index in [1.165, 1.54) is 5.01 Å². The van der Waals surface area contributed by atoms with Crippen LogP contribution in [0.25, 0.3) is 0 Å². The second kappa shape index (κ2) is 4.98. The van der Waals surface area contributed by atoms with Crippen LogP contribution in [0, 0.1) is 0 Å². The van der Waals surface area contributed by atoms with Gasteiger partial charge in [-0.3, -0.25) is 10.2 Å². The number of para-hydroxylation sites is 2. The summed E-state index contributed by atoms with van der Waals surface area (Å²) in [4.78, 5) is 11.0. The molecule has 0 aliphatic rings. The van der Waals surface area contributed by atoms with Gasteiger partial charge in [0.2, 0.25) is 6.41 Å². The Labute approximate surface area is 94.3 Å². The Morgan fingerprint density at radius 3 is 2.00 bits per heavy atom. The zero-order valence-electron chi connectivity index (χ0n) is 8.71. The van der Waals surface area contributed by atoms with Gasteiger partial charge in [-0.1, -0.05) is 36.4 Å². The Morgan fingerprint density at radius 2 is 1.44 bits per heavy atom. The van der Waals surface area contributed by atoms with E-state index in [2.05, 4.69) is 5.43 Å². The van der Waals surface area contributed by atoms with Crippen LogP contribution in [-0.4, -0.2) is 6.41 Å². The highest BCUT2D eigenvalue weighted by Crippen LogP contribution is 2.13. The summed E-state index contributed by atoms with van der Waals surface area (Å²) in [5.74, 6) is 0. The maximum absolute atomic E-state index is 11.0. The molecule has 0 saturated carbocycles. The summed E-state index contributed by atoms with van der Waals surface area (Å²) in [5.41, 5.74) is 4.69. The van der Waals surface area contributed by atoms with E-state index in [9.17, 15) is 4.79 Å². The van der Waals surface area contributed by atoms with E-state index in [0.717, 1.165) is 17.8 Å². The molecule has 0 fully saturated rings. The Kier molecular flexibility index (Phi) is 3.18. The zero-order chi connectivity index (χ0) is 11.2. The van der Waals surface area contributed by atoms with E-state index in [1.54, 1.807) is 0 Å². The summed E-state index contributed by atoms with van der Waals surface area (Å²) in [7, 11) is 0. The van der Waals surface area contributed by atoms with E-state index < -0.39 is 0 Å². The molecule has 0 aromatic heterocycles. The summed E-state index contributed by atoms with van der Waals surface area (Å²) in [6.07, 6.45) is 0.752. The Bertz CT molecular complexity index is 442. The number of hydrogen-bond acceptors (Lipinski definition) is 2. The number of anilines is 2. The second-order valence-electron chi connectivity index (χ2n) is 3.29. The molecule has 3 heteroatoms. The first-order valence-corrected chi connectivity index (χ1v) is 5.01. The Balaban J connectivity index is 2.16. The minimum atomic E-state index is 0.752. The van der Waals surface area contributed by atoms with Crippen molar-refractivity contribution in [1.82, 2.24) is 0 Å². The SMILES string of the molecule is O=CN(Nc1ccccc1)c1ccccc1. The Morgan fingerprint density at radius 1 is 0.875 bits per heavy atom. The monoisotopic (exact) mass is 212 g/mol. The number of hydrazine groups is 1. The average Bonchev–Trinajstić information content (AvgIpc) is 2.38. The van der Waals surface area contributed by atoms with Crippen LogP contribution < -0.4 is 10.4 Å². The van der Waals surface area contributed by atoms with Crippen LogP contribution in [-0.2, 0) is 4.79 Å². The molecule has 0 saturated heterocycles. The van der Waals surface area contributed by atoms with Crippen molar-refractivity contribution in [3.05, 3.63) is 60.7 Å². The van der Waals surface area contributed by atoms with Crippen molar-refractivity contribution in [1.29, 1.82) is 0 Å². The molecule has 0 heterocycles. The fourth-order valence-corrected chi connectivity index (χ4v) is 1.39. The molecule has 0 bridgehead atoms. The number of rotatable bonds is 4. The van der Waals surface area contributed by atoms with Crippen molar-refractivity contribution in [2.24, 2.45) is 0 Å². The lowest BCUT2D eigenvalue weighted by atomic mass is 10.3. The second-order valence-corrected chi connectivity index (χ2v) is 3.29. The van der Waals surface area contributed by atoms with Gasteiger partial charge in [0.1, 0.15) is 0 Å². The summed E-state index contributed by atoms with van der Waals surface area (Å²) in [6.45, 7) is 0. The van der Waals surface area contributed by atoms with Crippen LogP contribution in [0.2, 0.25) is 0 Å². The number of carbonyl (C=O) groups is 1. The number of hydrogen-bond donors (Lipinski definition) is 1. The lowest BCUT2D eigenvalue weighted by molar-refractivity contribution is -0.107. The summed E-state index contributed by atoms with van der Waals surface area (Å²) in [6, 6.07) is 19.0. The molecule has 2 aromatic rings. The fourth-order valence-electron chi connectivity index (χ4n) is 1.39. The molecule has 0 radical (unpaired) electrons. The highest BCUT2D eigenvalue weighted by atomic mass is 16.1. The highest BCUT2D eigenvalue weighted by Gasteiger charge is 2.03. The molecule has 1 N–H and O–H groups in total. The summed E-state index contributed by atoms with van der Waals surface area (Å²) in [5, 5.41) is 1.44. The van der Waals surface area contributed by atoms with Crippen molar-refractivity contribution < 1.29 is 4.79 Å². The van der Waals surface area contributed by atoms with Crippen molar-refractivity contribution in [3.63, 3.8) is 0 Å². The molecule has 2 aromatic carbocycles. The molecule has 16 heavy (non-hydrogen) atoms. The van der Waals surface area contributed by atoms with Crippen molar-refractivity contribution in [2.75, 3.05) is 10.4 Å². The smallest absolute Gasteiger partial charge is 0.232 e. The summed E-state index contributed by atoms with van der Waals surface area (Å²) < 4.78 is 0. The van der Waals surface area contributed by atoms with Gasteiger partial charge in [0, 0.05) is 0 Å². The van der Waals surface area contributed by atoms with Crippen molar-refractivity contribution in [2.45, 2.75) is 0 Å². The maximum Gasteiger partial charge on any atom is 0.232 e. The standard InChI is InChI=1S/C13H12N2O/c16-11-15(13-9-5-2-6-10-13)14-12-7-3-1-4-8-12/h1-11,14H. The van der Waals surface area contributed by atoms with Gasteiger partial charge in [-0.25, -0.2) is 5.01 Å². The topological polar surface area (TPSA) is 32.3 Å². The van der Waals surface area contributed by atoms with Crippen LogP contribution in [0.4, 0.5) is 11.4 Å². The van der Waals surface area contributed by atoms with E-state index in [1.807, 2.05) is 60.7 Å². The molecular formula is C13H12N2O. The molecule has 2 rings (SSSR count). The third-order valence-corrected chi connectivity index (χ3v) is 2.16. The van der Waals surface area contributed by atoms with E-state index >= 15 is 0 Å².